The average Bonchev–Trinajstić information content (AvgIpc) is 2.47. The fourth-order valence-electron chi connectivity index (χ4n) is 0.971. The molecule has 0 aliphatic rings. The molecular formula is C10H13NO4S. The Morgan fingerprint density at radius 1 is 1.44 bits per heavy atom. The monoisotopic (exact) mass is 243 g/mol. The van der Waals surface area contributed by atoms with Crippen LogP contribution in [0.5, 0.6) is 0 Å². The minimum absolute atomic E-state index is 0.0656. The van der Waals surface area contributed by atoms with Gasteiger partial charge in [0.2, 0.25) is 0 Å². The van der Waals surface area contributed by atoms with Crippen LogP contribution in [0.1, 0.15) is 31.1 Å². The molecule has 0 aliphatic heterocycles. The van der Waals surface area contributed by atoms with E-state index in [4.69, 9.17) is 9.84 Å². The van der Waals surface area contributed by atoms with E-state index in [2.05, 4.69) is 5.32 Å². The zero-order valence-corrected chi connectivity index (χ0v) is 10.1. The SMILES string of the molecule is CC(C)(C)OC(=O)Nc1sccc1C(=O)O. The van der Waals surface area contributed by atoms with Gasteiger partial charge in [0.1, 0.15) is 10.6 Å². The van der Waals surface area contributed by atoms with Gasteiger partial charge in [0.25, 0.3) is 0 Å². The quantitative estimate of drug-likeness (QED) is 0.837. The summed E-state index contributed by atoms with van der Waals surface area (Å²) >= 11 is 1.14. The fraction of sp³-hybridized carbons (Fsp3) is 0.400. The van der Waals surface area contributed by atoms with Crippen LogP contribution in [0.4, 0.5) is 9.80 Å². The second-order valence-corrected chi connectivity index (χ2v) is 5.01. The number of nitrogens with one attached hydrogen (secondary N) is 1. The first-order valence-corrected chi connectivity index (χ1v) is 5.48. The van der Waals surface area contributed by atoms with Gasteiger partial charge in [-0.1, -0.05) is 0 Å². The summed E-state index contributed by atoms with van der Waals surface area (Å²) in [6.07, 6.45) is -0.655. The second kappa shape index (κ2) is 4.52. The van der Waals surface area contributed by atoms with E-state index in [1.807, 2.05) is 0 Å². The minimum Gasteiger partial charge on any atom is -0.478 e. The molecule has 1 heterocycles. The molecule has 1 aromatic heterocycles. The first kappa shape index (κ1) is 12.5. The van der Waals surface area contributed by atoms with Crippen LogP contribution >= 0.6 is 11.3 Å². The van der Waals surface area contributed by atoms with Crippen molar-refractivity contribution in [3.05, 3.63) is 17.0 Å². The van der Waals surface area contributed by atoms with Crippen LogP contribution in [0, 0.1) is 0 Å². The third-order valence-corrected chi connectivity index (χ3v) is 2.34. The van der Waals surface area contributed by atoms with Gasteiger partial charge in [-0.15, -0.1) is 11.3 Å². The number of rotatable bonds is 2. The molecule has 16 heavy (non-hydrogen) atoms. The number of thiophene rings is 1. The Morgan fingerprint density at radius 3 is 2.56 bits per heavy atom. The standard InChI is InChI=1S/C10H13NO4S/c1-10(2,3)15-9(14)11-7-6(8(12)13)4-5-16-7/h4-5H,1-3H3,(H,11,14)(H,12,13). The topological polar surface area (TPSA) is 75.6 Å². The van der Waals surface area contributed by atoms with Gasteiger partial charge in [-0.3, -0.25) is 5.32 Å². The van der Waals surface area contributed by atoms with Crippen molar-refractivity contribution >= 4 is 28.4 Å². The summed E-state index contributed by atoms with van der Waals surface area (Å²) in [7, 11) is 0. The van der Waals surface area contributed by atoms with E-state index in [0.29, 0.717) is 0 Å². The lowest BCUT2D eigenvalue weighted by Gasteiger charge is -2.19. The molecule has 0 unspecified atom stereocenters. The highest BCUT2D eigenvalue weighted by molar-refractivity contribution is 7.14. The molecule has 0 aromatic carbocycles. The minimum atomic E-state index is -1.08. The van der Waals surface area contributed by atoms with Crippen molar-refractivity contribution in [1.82, 2.24) is 0 Å². The van der Waals surface area contributed by atoms with E-state index >= 15 is 0 Å². The van der Waals surface area contributed by atoms with Crippen LogP contribution in [0.25, 0.3) is 0 Å². The summed E-state index contributed by atoms with van der Waals surface area (Å²) in [6.45, 7) is 5.21. The number of aromatic carboxylic acids is 1. The van der Waals surface area contributed by atoms with Gasteiger partial charge in [-0.2, -0.15) is 0 Å². The zero-order valence-electron chi connectivity index (χ0n) is 9.23. The fourth-order valence-corrected chi connectivity index (χ4v) is 1.74. The van der Waals surface area contributed by atoms with Crippen LogP contribution in [0.15, 0.2) is 11.4 Å². The molecule has 1 amide bonds. The van der Waals surface area contributed by atoms with Crippen LogP contribution in [-0.4, -0.2) is 22.8 Å². The number of anilines is 1. The highest BCUT2D eigenvalue weighted by atomic mass is 32.1. The molecule has 0 aliphatic carbocycles. The van der Waals surface area contributed by atoms with Crippen molar-refractivity contribution < 1.29 is 19.4 Å². The van der Waals surface area contributed by atoms with E-state index in [0.717, 1.165) is 11.3 Å². The summed E-state index contributed by atoms with van der Waals surface area (Å²) in [5.41, 5.74) is -0.541. The second-order valence-electron chi connectivity index (χ2n) is 4.10. The zero-order chi connectivity index (χ0) is 12.3. The van der Waals surface area contributed by atoms with Crippen LogP contribution in [0.2, 0.25) is 0 Å². The summed E-state index contributed by atoms with van der Waals surface area (Å²) in [6, 6.07) is 1.43. The van der Waals surface area contributed by atoms with Gasteiger partial charge in [-0.05, 0) is 32.2 Å². The number of carbonyl (C=O) groups is 2. The molecule has 5 nitrogen and oxygen atoms in total. The number of hydrogen-bond donors (Lipinski definition) is 2. The summed E-state index contributed by atoms with van der Waals surface area (Å²) < 4.78 is 5.01. The molecule has 0 radical (unpaired) electrons. The third-order valence-electron chi connectivity index (χ3n) is 1.51. The molecule has 0 saturated carbocycles. The van der Waals surface area contributed by atoms with Crippen LogP contribution in [0.3, 0.4) is 0 Å². The third kappa shape index (κ3) is 3.54. The highest BCUT2D eigenvalue weighted by Gasteiger charge is 2.19. The normalized spacial score (nSPS) is 10.9. The van der Waals surface area contributed by atoms with Gasteiger partial charge < -0.3 is 9.84 Å². The van der Waals surface area contributed by atoms with Crippen molar-refractivity contribution in [3.8, 4) is 0 Å². The van der Waals surface area contributed by atoms with Gasteiger partial charge in [0, 0.05) is 0 Å². The molecule has 0 fully saturated rings. The van der Waals surface area contributed by atoms with E-state index in [1.54, 1.807) is 26.2 Å². The number of carboxylic acid groups (broad SMARTS) is 1. The lowest BCUT2D eigenvalue weighted by Crippen LogP contribution is -2.27. The van der Waals surface area contributed by atoms with Gasteiger partial charge >= 0.3 is 12.1 Å². The molecule has 0 atom stereocenters. The van der Waals surface area contributed by atoms with Crippen molar-refractivity contribution in [2.24, 2.45) is 0 Å². The first-order valence-electron chi connectivity index (χ1n) is 4.60. The van der Waals surface area contributed by atoms with Gasteiger partial charge in [0.15, 0.2) is 0 Å². The summed E-state index contributed by atoms with van der Waals surface area (Å²) in [4.78, 5) is 22.1. The van der Waals surface area contributed by atoms with Crippen LogP contribution < -0.4 is 5.32 Å². The van der Waals surface area contributed by atoms with Gasteiger partial charge in [0.05, 0.1) is 5.56 Å². The van der Waals surface area contributed by atoms with E-state index in [-0.39, 0.29) is 10.6 Å². The molecule has 1 aromatic rings. The maximum atomic E-state index is 11.4. The summed E-state index contributed by atoms with van der Waals surface area (Å²) in [5.74, 6) is -1.08. The molecule has 1 rings (SSSR count). The number of carbonyl (C=O) groups excluding carboxylic acids is 1. The Morgan fingerprint density at radius 2 is 2.06 bits per heavy atom. The number of carboxylic acids is 1. The average molecular weight is 243 g/mol. The molecule has 0 saturated heterocycles. The first-order chi connectivity index (χ1) is 7.29. The molecular weight excluding hydrogens is 230 g/mol. The Balaban J connectivity index is 2.70. The number of amides is 1. The molecule has 0 spiro atoms. The molecule has 2 N–H and O–H groups in total. The number of hydrogen-bond acceptors (Lipinski definition) is 4. The largest absolute Gasteiger partial charge is 0.478 e. The van der Waals surface area contributed by atoms with Crippen molar-refractivity contribution in [1.29, 1.82) is 0 Å². The smallest absolute Gasteiger partial charge is 0.412 e. The number of ether oxygens (including phenoxy) is 1. The Bertz CT molecular complexity index is 405. The lowest BCUT2D eigenvalue weighted by atomic mass is 10.2. The van der Waals surface area contributed by atoms with Crippen molar-refractivity contribution in [3.63, 3.8) is 0 Å². The molecule has 0 bridgehead atoms. The van der Waals surface area contributed by atoms with Gasteiger partial charge in [-0.25, -0.2) is 9.59 Å². The molecule has 88 valence electrons. The van der Waals surface area contributed by atoms with E-state index in [1.165, 1.54) is 6.07 Å². The Labute approximate surface area is 97.0 Å². The van der Waals surface area contributed by atoms with Crippen molar-refractivity contribution in [2.45, 2.75) is 26.4 Å². The predicted octanol–water partition coefficient (Wildman–Crippen LogP) is 2.79. The Kier molecular flexibility index (Phi) is 3.54. The maximum absolute atomic E-state index is 11.4. The molecule has 6 heteroatoms. The van der Waals surface area contributed by atoms with E-state index in [9.17, 15) is 9.59 Å². The summed E-state index contributed by atoms with van der Waals surface area (Å²) in [5, 5.41) is 13.1. The maximum Gasteiger partial charge on any atom is 0.412 e. The lowest BCUT2D eigenvalue weighted by molar-refractivity contribution is 0.0636. The highest BCUT2D eigenvalue weighted by Crippen LogP contribution is 2.23. The van der Waals surface area contributed by atoms with Crippen LogP contribution in [-0.2, 0) is 4.74 Å². The predicted molar refractivity (Wildman–Crippen MR) is 61.1 cm³/mol. The van der Waals surface area contributed by atoms with E-state index < -0.39 is 17.7 Å². The Hall–Kier alpha value is -1.56. The van der Waals surface area contributed by atoms with Crippen molar-refractivity contribution in [2.75, 3.05) is 5.32 Å².